The van der Waals surface area contributed by atoms with Crippen molar-refractivity contribution in [1.82, 2.24) is 5.43 Å². The fourth-order valence-corrected chi connectivity index (χ4v) is 3.60. The van der Waals surface area contributed by atoms with Gasteiger partial charge in [-0.15, -0.1) is 0 Å². The minimum absolute atomic E-state index is 0.225. The number of anilines is 2. The van der Waals surface area contributed by atoms with Crippen LogP contribution in [0.3, 0.4) is 0 Å². The highest BCUT2D eigenvalue weighted by molar-refractivity contribution is 9.10. The van der Waals surface area contributed by atoms with Gasteiger partial charge in [-0.25, -0.2) is 5.43 Å². The number of nitrogens with one attached hydrogen (secondary N) is 3. The molecule has 38 heavy (non-hydrogen) atoms. The van der Waals surface area contributed by atoms with Crippen LogP contribution in [-0.4, -0.2) is 30.5 Å². The summed E-state index contributed by atoms with van der Waals surface area (Å²) in [5, 5.41) is 8.50. The average molecular weight is 591 g/mol. The Labute approximate surface area is 224 Å². The van der Waals surface area contributed by atoms with Crippen molar-refractivity contribution in [2.24, 2.45) is 5.10 Å². The summed E-state index contributed by atoms with van der Waals surface area (Å²) in [6.45, 7) is 3.10. The molecule has 0 spiro atoms. The first-order valence-corrected chi connectivity index (χ1v) is 11.8. The predicted octanol–water partition coefficient (Wildman–Crippen LogP) is 5.19. The van der Waals surface area contributed by atoms with E-state index in [4.69, 9.17) is 4.74 Å². The van der Waals surface area contributed by atoms with E-state index in [0.29, 0.717) is 11.3 Å². The molecule has 3 N–H and O–H groups in total. The molecule has 0 aromatic heterocycles. The van der Waals surface area contributed by atoms with E-state index in [9.17, 15) is 27.6 Å². The maximum Gasteiger partial charge on any atom is 0.418 e. The predicted molar refractivity (Wildman–Crippen MR) is 140 cm³/mol. The van der Waals surface area contributed by atoms with Gasteiger partial charge in [0.1, 0.15) is 5.75 Å². The quantitative estimate of drug-likeness (QED) is 0.200. The molecule has 3 aromatic carbocycles. The van der Waals surface area contributed by atoms with Gasteiger partial charge in [-0.3, -0.25) is 14.4 Å². The normalized spacial score (nSPS) is 11.2. The Morgan fingerprint density at radius 2 is 1.61 bits per heavy atom. The van der Waals surface area contributed by atoms with Crippen LogP contribution in [0.15, 0.2) is 70.2 Å². The second kappa shape index (κ2) is 12.4. The molecule has 198 valence electrons. The second-order valence-electron chi connectivity index (χ2n) is 8.01. The number of rotatable bonds is 7. The van der Waals surface area contributed by atoms with Crippen LogP contribution < -0.4 is 20.8 Å². The number of nitrogens with zero attached hydrogens (tertiary/aromatic N) is 1. The molecule has 12 heteroatoms. The van der Waals surface area contributed by atoms with Crippen LogP contribution in [-0.2, 0) is 20.6 Å². The number of halogens is 4. The molecule has 0 unspecified atom stereocenters. The summed E-state index contributed by atoms with van der Waals surface area (Å²) in [7, 11) is 0. The molecule has 0 bridgehead atoms. The minimum atomic E-state index is -4.64. The highest BCUT2D eigenvalue weighted by Gasteiger charge is 2.34. The number of hydrazone groups is 1. The molecule has 0 aliphatic heterocycles. The van der Waals surface area contributed by atoms with Gasteiger partial charge in [0, 0.05) is 10.2 Å². The van der Waals surface area contributed by atoms with Gasteiger partial charge in [0.05, 0.1) is 17.5 Å². The van der Waals surface area contributed by atoms with Gasteiger partial charge in [-0.1, -0.05) is 34.1 Å². The van der Waals surface area contributed by atoms with Crippen molar-refractivity contribution < 1.29 is 32.3 Å². The second-order valence-corrected chi connectivity index (χ2v) is 8.93. The molecule has 0 aliphatic rings. The van der Waals surface area contributed by atoms with E-state index in [1.54, 1.807) is 12.1 Å². The van der Waals surface area contributed by atoms with Gasteiger partial charge in [-0.2, -0.15) is 18.3 Å². The van der Waals surface area contributed by atoms with Crippen molar-refractivity contribution in [2.45, 2.75) is 20.0 Å². The van der Waals surface area contributed by atoms with Crippen molar-refractivity contribution in [1.29, 1.82) is 0 Å². The van der Waals surface area contributed by atoms with Crippen LogP contribution in [0.2, 0.25) is 0 Å². The number of hydrogen-bond acceptors (Lipinski definition) is 5. The smallest absolute Gasteiger partial charge is 0.418 e. The SMILES string of the molecule is Cc1cccc(C)c1NC(=O)C(=O)N/N=C\c1ccc(OCC(=O)Nc2ccc(Br)cc2C(F)(F)F)cc1. The molecule has 3 aromatic rings. The third kappa shape index (κ3) is 7.90. The topological polar surface area (TPSA) is 109 Å². The Morgan fingerprint density at radius 3 is 2.24 bits per heavy atom. The van der Waals surface area contributed by atoms with Gasteiger partial charge < -0.3 is 15.4 Å². The maximum absolute atomic E-state index is 13.2. The monoisotopic (exact) mass is 590 g/mol. The van der Waals surface area contributed by atoms with E-state index in [1.165, 1.54) is 24.4 Å². The summed E-state index contributed by atoms with van der Waals surface area (Å²) < 4.78 is 45.1. The molecule has 0 radical (unpaired) electrons. The summed E-state index contributed by atoms with van der Waals surface area (Å²) in [6, 6.07) is 15.0. The lowest BCUT2D eigenvalue weighted by Crippen LogP contribution is -2.32. The molecule has 8 nitrogen and oxygen atoms in total. The molecular formula is C26H22BrF3N4O4. The van der Waals surface area contributed by atoms with E-state index < -0.39 is 36.1 Å². The van der Waals surface area contributed by atoms with Crippen LogP contribution in [0.1, 0.15) is 22.3 Å². The summed E-state index contributed by atoms with van der Waals surface area (Å²) in [6.07, 6.45) is -3.35. The average Bonchev–Trinajstić information content (AvgIpc) is 2.86. The van der Waals surface area contributed by atoms with Crippen LogP contribution in [0.5, 0.6) is 5.75 Å². The van der Waals surface area contributed by atoms with Crippen molar-refractivity contribution in [3.8, 4) is 5.75 Å². The van der Waals surface area contributed by atoms with Crippen molar-refractivity contribution >= 4 is 51.2 Å². The van der Waals surface area contributed by atoms with E-state index >= 15 is 0 Å². The lowest BCUT2D eigenvalue weighted by Gasteiger charge is -2.14. The number of amides is 3. The van der Waals surface area contributed by atoms with Gasteiger partial charge in [0.2, 0.25) is 0 Å². The van der Waals surface area contributed by atoms with Crippen LogP contribution in [0.4, 0.5) is 24.5 Å². The number of carbonyl (C=O) groups excluding carboxylic acids is 3. The van der Waals surface area contributed by atoms with Crippen molar-refractivity contribution in [2.75, 3.05) is 17.2 Å². The zero-order valence-electron chi connectivity index (χ0n) is 20.2. The molecule has 0 heterocycles. The van der Waals surface area contributed by atoms with Gasteiger partial charge in [-0.05, 0) is 73.0 Å². The van der Waals surface area contributed by atoms with Crippen molar-refractivity contribution in [3.05, 3.63) is 87.4 Å². The van der Waals surface area contributed by atoms with E-state index in [0.717, 1.165) is 23.3 Å². The number of ether oxygens (including phenoxy) is 1. The van der Waals surface area contributed by atoms with Gasteiger partial charge >= 0.3 is 18.0 Å². The zero-order chi connectivity index (χ0) is 27.9. The molecule has 3 amide bonds. The lowest BCUT2D eigenvalue weighted by atomic mass is 10.1. The molecule has 0 atom stereocenters. The summed E-state index contributed by atoms with van der Waals surface area (Å²) in [4.78, 5) is 36.3. The van der Waals surface area contributed by atoms with Crippen LogP contribution in [0, 0.1) is 13.8 Å². The Balaban J connectivity index is 1.49. The maximum atomic E-state index is 13.2. The minimum Gasteiger partial charge on any atom is -0.484 e. The number of para-hydroxylation sites is 1. The van der Waals surface area contributed by atoms with Gasteiger partial charge in [0.25, 0.3) is 5.91 Å². The number of carbonyl (C=O) groups is 3. The number of benzene rings is 3. The standard InChI is InChI=1S/C26H22BrF3N4O4/c1-15-4-3-5-16(2)23(15)33-24(36)25(37)34-31-13-17-6-9-19(10-7-17)38-14-22(35)32-21-11-8-18(27)12-20(21)26(28,29)30/h3-13H,14H2,1-2H3,(H,32,35)(H,33,36)(H,34,37)/b31-13-. The Bertz CT molecular complexity index is 1360. The Kier molecular flexibility index (Phi) is 9.24. The van der Waals surface area contributed by atoms with Crippen molar-refractivity contribution in [3.63, 3.8) is 0 Å². The third-order valence-corrected chi connectivity index (χ3v) is 5.61. The number of aryl methyl sites for hydroxylation is 2. The molecular weight excluding hydrogens is 569 g/mol. The summed E-state index contributed by atoms with van der Waals surface area (Å²) in [5.74, 6) is -2.31. The number of alkyl halides is 3. The molecule has 0 aliphatic carbocycles. The first-order chi connectivity index (χ1) is 17.9. The Morgan fingerprint density at radius 1 is 0.947 bits per heavy atom. The van der Waals surface area contributed by atoms with Gasteiger partial charge in [0.15, 0.2) is 6.61 Å². The fraction of sp³-hybridized carbons (Fsp3) is 0.154. The van der Waals surface area contributed by atoms with E-state index in [-0.39, 0.29) is 15.9 Å². The molecule has 0 saturated carbocycles. The van der Waals surface area contributed by atoms with Crippen LogP contribution in [0.25, 0.3) is 0 Å². The van der Waals surface area contributed by atoms with E-state index in [1.807, 2.05) is 32.0 Å². The molecule has 3 rings (SSSR count). The zero-order valence-corrected chi connectivity index (χ0v) is 21.7. The number of hydrogen-bond donors (Lipinski definition) is 3. The molecule has 0 saturated heterocycles. The summed E-state index contributed by atoms with van der Waals surface area (Å²) in [5.41, 5.74) is 3.49. The highest BCUT2D eigenvalue weighted by Crippen LogP contribution is 2.36. The highest BCUT2D eigenvalue weighted by atomic mass is 79.9. The molecule has 0 fully saturated rings. The third-order valence-electron chi connectivity index (χ3n) is 5.12. The lowest BCUT2D eigenvalue weighted by molar-refractivity contribution is -0.137. The van der Waals surface area contributed by atoms with Crippen LogP contribution >= 0.6 is 15.9 Å². The Hall–Kier alpha value is -4.19. The first-order valence-electron chi connectivity index (χ1n) is 11.0. The summed E-state index contributed by atoms with van der Waals surface area (Å²) >= 11 is 2.98. The fourth-order valence-electron chi connectivity index (χ4n) is 3.24. The largest absolute Gasteiger partial charge is 0.484 e. The first kappa shape index (κ1) is 28.4. The van der Waals surface area contributed by atoms with E-state index in [2.05, 4.69) is 37.1 Å².